The predicted octanol–water partition coefficient (Wildman–Crippen LogP) is 10.9. The summed E-state index contributed by atoms with van der Waals surface area (Å²) in [6, 6.07) is 0. The van der Waals surface area contributed by atoms with E-state index >= 15 is 0 Å². The van der Waals surface area contributed by atoms with Crippen molar-refractivity contribution in [3.63, 3.8) is 0 Å². The molecule has 0 N–H and O–H groups in total. The van der Waals surface area contributed by atoms with Crippen molar-refractivity contribution < 1.29 is 23.1 Å². The van der Waals surface area contributed by atoms with Crippen molar-refractivity contribution in [2.24, 2.45) is 28.6 Å². The number of hydrogen-bond donors (Lipinski definition) is 0. The predicted molar refractivity (Wildman–Crippen MR) is 194 cm³/mol. The summed E-state index contributed by atoms with van der Waals surface area (Å²) in [4.78, 5) is 13.9. The summed E-state index contributed by atoms with van der Waals surface area (Å²) in [5.74, 6) is 1.24. The van der Waals surface area contributed by atoms with Crippen molar-refractivity contribution in [3.8, 4) is 0 Å². The van der Waals surface area contributed by atoms with Crippen LogP contribution in [0.1, 0.15) is 142 Å². The van der Waals surface area contributed by atoms with Gasteiger partial charge in [-0.15, -0.1) is 0 Å². The average Bonchev–Trinajstić information content (AvgIpc) is 2.92. The molecule has 45 heavy (non-hydrogen) atoms. The van der Waals surface area contributed by atoms with E-state index < -0.39 is 16.6 Å². The number of hydrogen-bond acceptors (Lipinski definition) is 5. The first-order chi connectivity index (χ1) is 20.9. The van der Waals surface area contributed by atoms with Gasteiger partial charge in [0.25, 0.3) is 0 Å². The van der Waals surface area contributed by atoms with Gasteiger partial charge in [-0.1, -0.05) is 96.9 Å². The van der Waals surface area contributed by atoms with Gasteiger partial charge in [0.05, 0.1) is 12.2 Å². The van der Waals surface area contributed by atoms with Gasteiger partial charge >= 0.3 is 0 Å². The van der Waals surface area contributed by atoms with Gasteiger partial charge in [0, 0.05) is 31.5 Å². The number of Topliss-reactive ketones (excluding diaryl/α,β-unsaturated/α-hetero) is 1. The maximum absolute atomic E-state index is 13.9. The van der Waals surface area contributed by atoms with E-state index in [1.807, 2.05) is 0 Å². The average molecular weight is 667 g/mol. The number of rotatable bonds is 15. The fourth-order valence-electron chi connectivity index (χ4n) is 12.2. The summed E-state index contributed by atoms with van der Waals surface area (Å²) >= 11 is 0. The smallest absolute Gasteiger partial charge is 0.200 e. The van der Waals surface area contributed by atoms with Gasteiger partial charge in [-0.3, -0.25) is 4.79 Å². The van der Waals surface area contributed by atoms with Crippen LogP contribution in [0.4, 0.5) is 0 Å². The number of fused-ring (bicyclic) bond motifs is 3. The van der Waals surface area contributed by atoms with Crippen LogP contribution in [0.15, 0.2) is 0 Å². The molecule has 0 heterocycles. The Hall–Kier alpha value is -0.0562. The quantitative estimate of drug-likeness (QED) is 0.129. The first-order valence-corrected chi connectivity index (χ1v) is 23.1. The molecular formula is C38H74O5Si2. The molecule has 0 aromatic carbocycles. The van der Waals surface area contributed by atoms with Crippen molar-refractivity contribution in [3.05, 3.63) is 0 Å². The molecule has 264 valence electrons. The molecule has 0 saturated heterocycles. The van der Waals surface area contributed by atoms with E-state index in [0.717, 1.165) is 51.6 Å². The highest BCUT2D eigenvalue weighted by atomic mass is 28.4. The summed E-state index contributed by atoms with van der Waals surface area (Å²) in [6.45, 7) is 34.8. The Morgan fingerprint density at radius 2 is 1.33 bits per heavy atom. The number of carbonyl (C=O) groups excluding carboxylic acids is 1. The van der Waals surface area contributed by atoms with Crippen molar-refractivity contribution >= 4 is 22.4 Å². The molecule has 0 aromatic rings. The fraction of sp³-hybridized carbons (Fsp3) is 0.974. The van der Waals surface area contributed by atoms with Crippen molar-refractivity contribution in [1.29, 1.82) is 0 Å². The summed E-state index contributed by atoms with van der Waals surface area (Å²) in [5, 5.41) is 0. The topological polar surface area (TPSA) is 54.0 Å². The third-order valence-corrected chi connectivity index (χ3v) is 25.9. The number of ether oxygens (including phenoxy) is 2. The molecular weight excluding hydrogens is 593 g/mol. The fourth-order valence-corrected chi connectivity index (χ4v) is 23.4. The summed E-state index contributed by atoms with van der Waals surface area (Å²) in [5.41, 5.74) is 2.89. The lowest BCUT2D eigenvalue weighted by Gasteiger charge is -2.65. The van der Waals surface area contributed by atoms with Gasteiger partial charge in [0.1, 0.15) is 12.6 Å². The van der Waals surface area contributed by atoms with Gasteiger partial charge in [0.2, 0.25) is 8.32 Å². The van der Waals surface area contributed by atoms with Crippen LogP contribution in [-0.2, 0) is 23.1 Å². The second-order valence-corrected chi connectivity index (χ2v) is 28.7. The highest BCUT2D eigenvalue weighted by Gasteiger charge is 2.66. The molecule has 3 fully saturated rings. The van der Waals surface area contributed by atoms with Crippen LogP contribution < -0.4 is 0 Å². The van der Waals surface area contributed by atoms with E-state index in [1.165, 1.54) is 0 Å². The van der Waals surface area contributed by atoms with Crippen LogP contribution in [0.25, 0.3) is 0 Å². The zero-order chi connectivity index (χ0) is 34.1. The standard InChI is InChI=1S/C38H74O5Si2/c1-25(2)44(26(3)4,27(5)6)42-22-21-37(13)34(43-45(28(7)8,29(9)10)30(11)12)19-20-38(14)35-31(17-16-18-32(35)39)23-33(36(37)38)41-24-40-15/h25-31,33-36H,16-24H2,1-15H3/t31-,33+,34+,35-,36+,37+,38-/m0/s1. The second-order valence-electron chi connectivity index (χ2n) is 17.8. The first-order valence-electron chi connectivity index (χ1n) is 18.8. The number of carbonyl (C=O) groups is 1. The molecule has 3 saturated carbocycles. The molecule has 0 aliphatic heterocycles. The van der Waals surface area contributed by atoms with Crippen LogP contribution in [0, 0.1) is 28.6 Å². The minimum absolute atomic E-state index is 0.0500. The zero-order valence-corrected chi connectivity index (χ0v) is 34.3. The van der Waals surface area contributed by atoms with Crippen LogP contribution in [0.2, 0.25) is 33.2 Å². The Bertz CT molecular complexity index is 920. The largest absolute Gasteiger partial charge is 0.416 e. The van der Waals surface area contributed by atoms with E-state index in [9.17, 15) is 4.79 Å². The van der Waals surface area contributed by atoms with Crippen LogP contribution in [0.3, 0.4) is 0 Å². The highest BCUT2D eigenvalue weighted by molar-refractivity contribution is 6.78. The molecule has 3 aliphatic carbocycles. The Labute approximate surface area is 281 Å². The Kier molecular flexibility index (Phi) is 13.3. The van der Waals surface area contributed by atoms with Gasteiger partial charge in [-0.25, -0.2) is 0 Å². The second kappa shape index (κ2) is 15.2. The molecule has 0 bridgehead atoms. The zero-order valence-electron chi connectivity index (χ0n) is 32.3. The molecule has 3 aliphatic rings. The van der Waals surface area contributed by atoms with Crippen LogP contribution >= 0.6 is 0 Å². The third-order valence-electron chi connectivity index (χ3n) is 13.7. The Morgan fingerprint density at radius 1 is 0.800 bits per heavy atom. The van der Waals surface area contributed by atoms with E-state index in [2.05, 4.69) is 96.9 Å². The molecule has 7 heteroatoms. The van der Waals surface area contributed by atoms with Crippen LogP contribution in [-0.4, -0.2) is 55.1 Å². The molecule has 3 rings (SSSR count). The monoisotopic (exact) mass is 667 g/mol. The number of methoxy groups -OCH3 is 1. The van der Waals surface area contributed by atoms with E-state index in [-0.39, 0.29) is 34.9 Å². The summed E-state index contributed by atoms with van der Waals surface area (Å²) < 4.78 is 27.4. The number of ketones is 1. The minimum Gasteiger partial charge on any atom is -0.416 e. The van der Waals surface area contributed by atoms with Gasteiger partial charge in [-0.05, 0) is 89.0 Å². The normalized spacial score (nSPS) is 33.2. The summed E-state index contributed by atoms with van der Waals surface area (Å²) in [6.07, 6.45) is 7.00. The molecule has 0 spiro atoms. The third kappa shape index (κ3) is 7.02. The lowest BCUT2D eigenvalue weighted by atomic mass is 9.42. The van der Waals surface area contributed by atoms with Gasteiger partial charge < -0.3 is 18.3 Å². The van der Waals surface area contributed by atoms with E-state index in [0.29, 0.717) is 51.7 Å². The van der Waals surface area contributed by atoms with Crippen LogP contribution in [0.5, 0.6) is 0 Å². The van der Waals surface area contributed by atoms with Crippen molar-refractivity contribution in [2.45, 2.75) is 187 Å². The Balaban J connectivity index is 2.17. The molecule has 0 unspecified atom stereocenters. The molecule has 0 amide bonds. The first kappa shape index (κ1) is 39.4. The van der Waals surface area contributed by atoms with E-state index in [1.54, 1.807) is 7.11 Å². The summed E-state index contributed by atoms with van der Waals surface area (Å²) in [7, 11) is -2.49. The maximum Gasteiger partial charge on any atom is 0.200 e. The molecule has 0 radical (unpaired) electrons. The lowest BCUT2D eigenvalue weighted by molar-refractivity contribution is -0.231. The van der Waals surface area contributed by atoms with E-state index in [4.69, 9.17) is 18.3 Å². The maximum atomic E-state index is 13.9. The molecule has 7 atom stereocenters. The lowest BCUT2D eigenvalue weighted by Crippen LogP contribution is -2.66. The minimum atomic E-state index is -2.17. The Morgan fingerprint density at radius 3 is 1.82 bits per heavy atom. The van der Waals surface area contributed by atoms with Crippen molar-refractivity contribution in [2.75, 3.05) is 20.5 Å². The molecule has 5 nitrogen and oxygen atoms in total. The molecule has 0 aromatic heterocycles. The van der Waals surface area contributed by atoms with Gasteiger partial charge in [-0.2, -0.15) is 0 Å². The van der Waals surface area contributed by atoms with Gasteiger partial charge in [0.15, 0.2) is 8.32 Å². The van der Waals surface area contributed by atoms with Crippen molar-refractivity contribution in [1.82, 2.24) is 0 Å². The SMILES string of the molecule is COCO[C@@H]1C[C@@H]2CCCC(=O)[C@H]2[C@]2(C)CC[C@@H](O[Si](C(C)C)(C(C)C)C(C)C)[C@@](C)(CCO[Si](C(C)C)(C(C)C)C(C)C)[C@@H]12. The highest BCUT2D eigenvalue weighted by Crippen LogP contribution is 2.66.